The van der Waals surface area contributed by atoms with Crippen LogP contribution in [-0.2, 0) is 25.4 Å². The Morgan fingerprint density at radius 3 is 1.93 bits per heavy atom. The molecule has 0 saturated carbocycles. The van der Waals surface area contributed by atoms with Gasteiger partial charge >= 0.3 is 0 Å². The average Bonchev–Trinajstić information content (AvgIpc) is 3.19. The van der Waals surface area contributed by atoms with Crippen molar-refractivity contribution in [2.45, 2.75) is 119 Å². The number of phenolic OH excluding ortho intramolecular Hbond substituents is 2. The fourth-order valence-electron chi connectivity index (χ4n) is 6.86. The second kappa shape index (κ2) is 17.7. The summed E-state index contributed by atoms with van der Waals surface area (Å²) in [5.41, 5.74) is -0.335. The third-order valence-electron chi connectivity index (χ3n) is 10.3. The molecule has 3 saturated heterocycles. The number of rotatable bonds is 11. The molecule has 3 fully saturated rings. The molecule has 4 heterocycles. The Morgan fingerprint density at radius 2 is 1.31 bits per heavy atom. The maximum atomic E-state index is 14.7. The molecule has 12 N–H and O–H groups in total. The van der Waals surface area contributed by atoms with Crippen LogP contribution >= 0.6 is 0 Å². The van der Waals surface area contributed by atoms with Crippen molar-refractivity contribution in [2.75, 3.05) is 13.2 Å². The van der Waals surface area contributed by atoms with Crippen molar-refractivity contribution in [3.8, 4) is 34.3 Å². The first kappa shape index (κ1) is 43.6. The van der Waals surface area contributed by atoms with Crippen LogP contribution in [0.25, 0.3) is 22.3 Å². The van der Waals surface area contributed by atoms with Gasteiger partial charge in [0.2, 0.25) is 23.8 Å². The lowest BCUT2D eigenvalue weighted by Crippen LogP contribution is -2.64. The monoisotopic (exact) mass is 824 g/mol. The number of aliphatic hydroxyl groups is 10. The van der Waals surface area contributed by atoms with Gasteiger partial charge in [-0.3, -0.25) is 4.79 Å². The van der Waals surface area contributed by atoms with Crippen LogP contribution in [0.2, 0.25) is 0 Å². The Balaban J connectivity index is 1.50. The van der Waals surface area contributed by atoms with Crippen molar-refractivity contribution >= 4 is 11.0 Å². The van der Waals surface area contributed by atoms with E-state index in [2.05, 4.69) is 0 Å². The van der Waals surface area contributed by atoms with E-state index in [0.717, 1.165) is 11.6 Å². The molecule has 15 atom stereocenters. The number of hydrogen-bond acceptors (Lipinski definition) is 20. The molecule has 320 valence electrons. The lowest BCUT2D eigenvalue weighted by molar-refractivity contribution is -0.354. The summed E-state index contributed by atoms with van der Waals surface area (Å²) in [6.45, 7) is 3.31. The molecule has 3 aromatic rings. The first-order chi connectivity index (χ1) is 27.5. The Morgan fingerprint density at radius 1 is 0.724 bits per heavy atom. The molecule has 0 amide bonds. The van der Waals surface area contributed by atoms with Crippen molar-refractivity contribution < 1.29 is 94.1 Å². The average molecular weight is 825 g/mol. The van der Waals surface area contributed by atoms with E-state index in [-0.39, 0.29) is 40.4 Å². The number of phenols is 2. The molecule has 20 nitrogen and oxygen atoms in total. The molecule has 20 heteroatoms. The van der Waals surface area contributed by atoms with E-state index in [0.29, 0.717) is 0 Å². The molecule has 3 aliphatic rings. The first-order valence-electron chi connectivity index (χ1n) is 18.4. The minimum atomic E-state index is -1.96. The molecule has 58 heavy (non-hydrogen) atoms. The van der Waals surface area contributed by atoms with Crippen molar-refractivity contribution in [1.82, 2.24) is 0 Å². The van der Waals surface area contributed by atoms with Crippen molar-refractivity contribution in [3.63, 3.8) is 0 Å². The van der Waals surface area contributed by atoms with Crippen molar-refractivity contribution in [1.29, 1.82) is 0 Å². The summed E-state index contributed by atoms with van der Waals surface area (Å²) < 4.78 is 41.0. The van der Waals surface area contributed by atoms with Gasteiger partial charge in [-0.25, -0.2) is 0 Å². The van der Waals surface area contributed by atoms with Crippen molar-refractivity contribution in [2.24, 2.45) is 0 Å². The summed E-state index contributed by atoms with van der Waals surface area (Å²) in [7, 11) is 0. The van der Waals surface area contributed by atoms with Crippen LogP contribution in [0.1, 0.15) is 26.3 Å². The zero-order valence-corrected chi connectivity index (χ0v) is 31.4. The highest BCUT2D eigenvalue weighted by Gasteiger charge is 2.51. The quantitative estimate of drug-likeness (QED) is 0.0896. The summed E-state index contributed by atoms with van der Waals surface area (Å²) >= 11 is 0. The van der Waals surface area contributed by atoms with E-state index >= 15 is 0 Å². The molecule has 0 radical (unpaired) electrons. The summed E-state index contributed by atoms with van der Waals surface area (Å²) in [5.74, 6) is -2.18. The third kappa shape index (κ3) is 8.40. The van der Waals surface area contributed by atoms with Crippen LogP contribution in [-0.4, -0.2) is 167 Å². The maximum absolute atomic E-state index is 14.7. The molecular weight excluding hydrogens is 776 g/mol. The fraction of sp³-hybridized carbons (Fsp3) is 0.553. The van der Waals surface area contributed by atoms with Crippen LogP contribution in [0.5, 0.6) is 23.0 Å². The molecule has 0 unspecified atom stereocenters. The molecular formula is C38H48O20. The van der Waals surface area contributed by atoms with E-state index in [4.69, 9.17) is 32.8 Å². The number of aromatic hydroxyl groups is 2. The van der Waals surface area contributed by atoms with Crippen LogP contribution in [0.3, 0.4) is 0 Å². The van der Waals surface area contributed by atoms with Crippen LogP contribution in [0, 0.1) is 0 Å². The highest BCUT2D eigenvalue weighted by atomic mass is 16.8. The Hall–Kier alpha value is -3.97. The standard InChI is InChI=1S/C38H48O20/c1-13(2)4-9-17-19(53-37-31(51)28(48)24(44)20(11-39)54-37)10-18(42)22-26(46)34(32(56-33(17)22)15-5-7-16(41)8-6-15)57-38-35(29(49)25(45)21(12-40)55-38)58-36-30(50)27(47)23(43)14(3)52-36/h4-8,10,14,20-21,23-25,27-31,35-45,47-51H,9,11-12H2,1-3H3/t14-,20+,21+,23-,24+,25+,27+,28-,29-,30+,31+,35+,36-,37+,38-/m0/s1. The van der Waals surface area contributed by atoms with Crippen molar-refractivity contribution in [3.05, 3.63) is 57.8 Å². The topological polar surface area (TPSA) is 328 Å². The highest BCUT2D eigenvalue weighted by Crippen LogP contribution is 2.42. The van der Waals surface area contributed by atoms with Crippen LogP contribution < -0.4 is 14.9 Å². The third-order valence-corrected chi connectivity index (χ3v) is 10.3. The molecule has 0 aliphatic carbocycles. The predicted molar refractivity (Wildman–Crippen MR) is 194 cm³/mol. The lowest BCUT2D eigenvalue weighted by Gasteiger charge is -2.45. The fourth-order valence-corrected chi connectivity index (χ4v) is 6.86. The normalized spacial score (nSPS) is 35.4. The van der Waals surface area contributed by atoms with E-state index in [9.17, 15) is 66.1 Å². The van der Waals surface area contributed by atoms with Crippen LogP contribution in [0.4, 0.5) is 0 Å². The molecule has 1 aromatic heterocycles. The van der Waals surface area contributed by atoms with E-state index in [1.54, 1.807) is 19.9 Å². The molecule has 0 spiro atoms. The van der Waals surface area contributed by atoms with Gasteiger partial charge in [0.15, 0.2) is 18.2 Å². The lowest BCUT2D eigenvalue weighted by atomic mass is 9.97. The molecule has 3 aliphatic heterocycles. The minimum Gasteiger partial charge on any atom is -0.508 e. The summed E-state index contributed by atoms with van der Waals surface area (Å²) in [4.78, 5) is 14.7. The number of aliphatic hydroxyl groups excluding tert-OH is 10. The van der Waals surface area contributed by atoms with Crippen LogP contribution in [0.15, 0.2) is 51.2 Å². The van der Waals surface area contributed by atoms with Gasteiger partial charge < -0.3 is 94.1 Å². The van der Waals surface area contributed by atoms with Gasteiger partial charge in [-0.15, -0.1) is 0 Å². The van der Waals surface area contributed by atoms with Gasteiger partial charge in [-0.2, -0.15) is 0 Å². The smallest absolute Gasteiger partial charge is 0.239 e. The number of fused-ring (bicyclic) bond motifs is 1. The van der Waals surface area contributed by atoms with Gasteiger partial charge in [0.25, 0.3) is 0 Å². The Bertz CT molecular complexity index is 1980. The van der Waals surface area contributed by atoms with E-state index in [1.807, 2.05) is 0 Å². The second-order valence-electron chi connectivity index (χ2n) is 14.6. The largest absolute Gasteiger partial charge is 0.508 e. The number of ether oxygens (including phenoxy) is 6. The van der Waals surface area contributed by atoms with Gasteiger partial charge in [-0.1, -0.05) is 11.6 Å². The minimum absolute atomic E-state index is 0.0311. The Labute approximate surface area is 329 Å². The van der Waals surface area contributed by atoms with E-state index < -0.39 is 128 Å². The number of hydrogen-bond donors (Lipinski definition) is 12. The molecule has 0 bridgehead atoms. The number of allylic oxidation sites excluding steroid dienone is 2. The summed E-state index contributed by atoms with van der Waals surface area (Å²) in [6.07, 6.45) is -23.8. The number of benzene rings is 2. The zero-order valence-electron chi connectivity index (χ0n) is 31.4. The maximum Gasteiger partial charge on any atom is 0.239 e. The van der Waals surface area contributed by atoms with Gasteiger partial charge in [0, 0.05) is 17.2 Å². The molecule has 6 rings (SSSR count). The van der Waals surface area contributed by atoms with Gasteiger partial charge in [-0.05, 0) is 51.5 Å². The zero-order chi connectivity index (χ0) is 42.3. The van der Waals surface area contributed by atoms with Gasteiger partial charge in [0.05, 0.1) is 19.3 Å². The predicted octanol–water partition coefficient (Wildman–Crippen LogP) is -2.41. The SMILES string of the molecule is CC(C)=CCc1c(O[C@@H]2O[C@H](CO)[C@@H](O)[C@H](O)[C@H]2O)cc(O)c2c(=O)c(O[C@@H]3O[C@H](CO)[C@@H](O)[C@H](O)[C@H]3O[C@@H]3O[C@@H](C)[C@H](O)[C@@H](O)[C@H]3O)c(-c3ccc(O)cc3)oc12. The molecule has 2 aromatic carbocycles. The highest BCUT2D eigenvalue weighted by molar-refractivity contribution is 5.91. The Kier molecular flexibility index (Phi) is 13.3. The first-order valence-corrected chi connectivity index (χ1v) is 18.4. The van der Waals surface area contributed by atoms with E-state index in [1.165, 1.54) is 31.2 Å². The van der Waals surface area contributed by atoms with Gasteiger partial charge in [0.1, 0.15) is 89.3 Å². The summed E-state index contributed by atoms with van der Waals surface area (Å²) in [6, 6.07) is 6.23. The summed E-state index contributed by atoms with van der Waals surface area (Å²) in [5, 5.41) is 125. The second-order valence-corrected chi connectivity index (χ2v) is 14.6.